The van der Waals surface area contributed by atoms with E-state index in [0.29, 0.717) is 38.4 Å². The van der Waals surface area contributed by atoms with Crippen LogP contribution in [0, 0.1) is 5.92 Å². The number of carbonyl (C=O) groups is 1. The van der Waals surface area contributed by atoms with Crippen LogP contribution in [0.15, 0.2) is 42.7 Å². The molecule has 1 amide bonds. The first kappa shape index (κ1) is 15.7. The number of nitrogens with zero attached hydrogens (tertiary/aromatic N) is 3. The van der Waals surface area contributed by atoms with Crippen molar-refractivity contribution in [3.8, 4) is 0 Å². The van der Waals surface area contributed by atoms with Crippen molar-refractivity contribution in [3.05, 3.63) is 53.9 Å². The number of hydrogen-bond donors (Lipinski definition) is 1. The van der Waals surface area contributed by atoms with E-state index in [1.165, 1.54) is 0 Å². The maximum atomic E-state index is 12.6. The molecule has 0 saturated carbocycles. The van der Waals surface area contributed by atoms with Crippen LogP contribution in [0.2, 0.25) is 0 Å². The van der Waals surface area contributed by atoms with Gasteiger partial charge in [0.05, 0.1) is 31.5 Å². The van der Waals surface area contributed by atoms with Crippen molar-refractivity contribution in [1.82, 2.24) is 14.7 Å². The molecule has 1 saturated heterocycles. The molecule has 1 aliphatic heterocycles. The van der Waals surface area contributed by atoms with Crippen LogP contribution in [-0.4, -0.2) is 58.6 Å². The van der Waals surface area contributed by atoms with Gasteiger partial charge in [0.1, 0.15) is 0 Å². The van der Waals surface area contributed by atoms with Gasteiger partial charge in [0, 0.05) is 31.8 Å². The van der Waals surface area contributed by atoms with Crippen LogP contribution < -0.4 is 0 Å². The Morgan fingerprint density at radius 1 is 1.35 bits per heavy atom. The summed E-state index contributed by atoms with van der Waals surface area (Å²) >= 11 is 0. The molecule has 6 heteroatoms. The lowest BCUT2D eigenvalue weighted by Gasteiger charge is -2.21. The molecule has 0 radical (unpaired) electrons. The largest absolute Gasteiger partial charge is 0.396 e. The third-order valence-electron chi connectivity index (χ3n) is 3.95. The second kappa shape index (κ2) is 7.39. The number of benzene rings is 1. The standard InChI is InChI=1S/C17H21N3O3/c21-12-15-9-19(6-7-23-13-15)17(22)16-8-18-20(11-16)10-14-4-2-1-3-5-14/h1-5,8,11,15,21H,6-7,9-10,12-13H2. The van der Waals surface area contributed by atoms with Gasteiger partial charge in [-0.25, -0.2) is 0 Å². The molecule has 3 rings (SSSR count). The highest BCUT2D eigenvalue weighted by Gasteiger charge is 2.23. The third kappa shape index (κ3) is 3.97. The third-order valence-corrected chi connectivity index (χ3v) is 3.95. The molecule has 2 heterocycles. The first-order valence-corrected chi connectivity index (χ1v) is 7.80. The molecule has 1 atom stereocenters. The Morgan fingerprint density at radius 3 is 2.96 bits per heavy atom. The Labute approximate surface area is 135 Å². The summed E-state index contributed by atoms with van der Waals surface area (Å²) < 4.78 is 7.19. The van der Waals surface area contributed by atoms with Crippen LogP contribution >= 0.6 is 0 Å². The van der Waals surface area contributed by atoms with E-state index in [9.17, 15) is 9.90 Å². The molecule has 1 aromatic heterocycles. The minimum atomic E-state index is -0.0618. The van der Waals surface area contributed by atoms with Crippen LogP contribution in [0.3, 0.4) is 0 Å². The minimum absolute atomic E-state index is 0.0249. The van der Waals surface area contributed by atoms with Gasteiger partial charge in [-0.15, -0.1) is 0 Å². The van der Waals surface area contributed by atoms with Crippen molar-refractivity contribution >= 4 is 5.91 Å². The van der Waals surface area contributed by atoms with E-state index >= 15 is 0 Å². The molecule has 1 fully saturated rings. The summed E-state index contributed by atoms with van der Waals surface area (Å²) in [4.78, 5) is 14.3. The van der Waals surface area contributed by atoms with Crippen LogP contribution in [0.1, 0.15) is 15.9 Å². The van der Waals surface area contributed by atoms with E-state index in [1.807, 2.05) is 30.3 Å². The molecule has 2 aromatic rings. The molecular formula is C17H21N3O3. The number of aromatic nitrogens is 2. The summed E-state index contributed by atoms with van der Waals surface area (Å²) in [6.07, 6.45) is 3.38. The molecule has 122 valence electrons. The summed E-state index contributed by atoms with van der Waals surface area (Å²) in [5.74, 6) is -0.0888. The number of carbonyl (C=O) groups excluding carboxylic acids is 1. The number of rotatable bonds is 4. The van der Waals surface area contributed by atoms with E-state index in [4.69, 9.17) is 4.74 Å². The van der Waals surface area contributed by atoms with Crippen molar-refractivity contribution in [2.45, 2.75) is 6.54 Å². The second-order valence-corrected chi connectivity index (χ2v) is 5.79. The van der Waals surface area contributed by atoms with Gasteiger partial charge < -0.3 is 14.7 Å². The van der Waals surface area contributed by atoms with Crippen LogP contribution in [0.4, 0.5) is 0 Å². The highest BCUT2D eigenvalue weighted by Crippen LogP contribution is 2.12. The smallest absolute Gasteiger partial charge is 0.257 e. The lowest BCUT2D eigenvalue weighted by molar-refractivity contribution is 0.0728. The van der Waals surface area contributed by atoms with Crippen molar-refractivity contribution < 1.29 is 14.6 Å². The van der Waals surface area contributed by atoms with Crippen molar-refractivity contribution in [1.29, 1.82) is 0 Å². The van der Waals surface area contributed by atoms with Gasteiger partial charge in [-0.3, -0.25) is 9.48 Å². The number of ether oxygens (including phenoxy) is 1. The van der Waals surface area contributed by atoms with Gasteiger partial charge in [0.15, 0.2) is 0 Å². The van der Waals surface area contributed by atoms with Crippen molar-refractivity contribution in [2.75, 3.05) is 32.9 Å². The Bertz CT molecular complexity index is 642. The minimum Gasteiger partial charge on any atom is -0.396 e. The van der Waals surface area contributed by atoms with Crippen LogP contribution in [-0.2, 0) is 11.3 Å². The van der Waals surface area contributed by atoms with E-state index in [2.05, 4.69) is 5.10 Å². The fraction of sp³-hybridized carbons (Fsp3) is 0.412. The highest BCUT2D eigenvalue weighted by molar-refractivity contribution is 5.93. The zero-order valence-corrected chi connectivity index (χ0v) is 13.0. The maximum Gasteiger partial charge on any atom is 0.257 e. The topological polar surface area (TPSA) is 67.6 Å². The number of amides is 1. The van der Waals surface area contributed by atoms with Crippen LogP contribution in [0.5, 0.6) is 0 Å². The lowest BCUT2D eigenvalue weighted by atomic mass is 10.1. The lowest BCUT2D eigenvalue weighted by Crippen LogP contribution is -2.36. The fourth-order valence-corrected chi connectivity index (χ4v) is 2.69. The van der Waals surface area contributed by atoms with Gasteiger partial charge in [-0.1, -0.05) is 30.3 Å². The Morgan fingerprint density at radius 2 is 2.17 bits per heavy atom. The monoisotopic (exact) mass is 315 g/mol. The quantitative estimate of drug-likeness (QED) is 0.914. The number of aliphatic hydroxyl groups is 1. The average Bonchev–Trinajstić information content (AvgIpc) is 2.91. The van der Waals surface area contributed by atoms with Crippen molar-refractivity contribution in [2.24, 2.45) is 5.92 Å². The summed E-state index contributed by atoms with van der Waals surface area (Å²) in [6, 6.07) is 10.00. The molecular weight excluding hydrogens is 294 g/mol. The Balaban J connectivity index is 1.68. The predicted octanol–water partition coefficient (Wildman–Crippen LogP) is 1.01. The Kier molecular flexibility index (Phi) is 5.05. The van der Waals surface area contributed by atoms with Gasteiger partial charge in [-0.05, 0) is 5.56 Å². The zero-order valence-electron chi connectivity index (χ0n) is 13.0. The summed E-state index contributed by atoms with van der Waals surface area (Å²) in [5, 5.41) is 13.6. The van der Waals surface area contributed by atoms with E-state index in [-0.39, 0.29) is 18.4 Å². The van der Waals surface area contributed by atoms with E-state index in [0.717, 1.165) is 5.56 Å². The molecule has 1 N–H and O–H groups in total. The molecule has 0 bridgehead atoms. The number of aliphatic hydroxyl groups excluding tert-OH is 1. The van der Waals surface area contributed by atoms with E-state index < -0.39 is 0 Å². The molecule has 6 nitrogen and oxygen atoms in total. The molecule has 1 aromatic carbocycles. The number of hydrogen-bond acceptors (Lipinski definition) is 4. The maximum absolute atomic E-state index is 12.6. The molecule has 1 aliphatic rings. The SMILES string of the molecule is O=C(c1cnn(Cc2ccccc2)c1)N1CCOCC(CO)C1. The molecule has 1 unspecified atom stereocenters. The predicted molar refractivity (Wildman–Crippen MR) is 85.1 cm³/mol. The van der Waals surface area contributed by atoms with Gasteiger partial charge >= 0.3 is 0 Å². The fourth-order valence-electron chi connectivity index (χ4n) is 2.69. The first-order chi connectivity index (χ1) is 11.3. The Hall–Kier alpha value is -2.18. The second-order valence-electron chi connectivity index (χ2n) is 5.79. The van der Waals surface area contributed by atoms with Gasteiger partial charge in [0.2, 0.25) is 0 Å². The molecule has 0 aliphatic carbocycles. The van der Waals surface area contributed by atoms with Gasteiger partial charge in [-0.2, -0.15) is 5.10 Å². The molecule has 23 heavy (non-hydrogen) atoms. The molecule has 0 spiro atoms. The van der Waals surface area contributed by atoms with Crippen LogP contribution in [0.25, 0.3) is 0 Å². The zero-order chi connectivity index (χ0) is 16.1. The van der Waals surface area contributed by atoms with Crippen molar-refractivity contribution in [3.63, 3.8) is 0 Å². The highest BCUT2D eigenvalue weighted by atomic mass is 16.5. The summed E-state index contributed by atoms with van der Waals surface area (Å²) in [6.45, 7) is 2.71. The summed E-state index contributed by atoms with van der Waals surface area (Å²) in [5.41, 5.74) is 1.71. The van der Waals surface area contributed by atoms with Gasteiger partial charge in [0.25, 0.3) is 5.91 Å². The first-order valence-electron chi connectivity index (χ1n) is 7.80. The summed E-state index contributed by atoms with van der Waals surface area (Å²) in [7, 11) is 0. The normalized spacial score (nSPS) is 18.7. The van der Waals surface area contributed by atoms with E-state index in [1.54, 1.807) is 22.0 Å². The average molecular weight is 315 g/mol.